The molecule has 1 N–H and O–H groups in total. The van der Waals surface area contributed by atoms with Crippen molar-refractivity contribution in [3.8, 4) is 0 Å². The molecule has 0 amide bonds. The molecule has 0 spiro atoms. The van der Waals surface area contributed by atoms with E-state index >= 15 is 0 Å². The van der Waals surface area contributed by atoms with Crippen LogP contribution in [0.4, 0.5) is 0 Å². The molecule has 3 rings (SSSR count). The quantitative estimate of drug-likeness (QED) is 0.906. The zero-order valence-corrected chi connectivity index (χ0v) is 12.0. The van der Waals surface area contributed by atoms with E-state index in [1.54, 1.807) is 0 Å². The van der Waals surface area contributed by atoms with Crippen LogP contribution in [-0.2, 0) is 0 Å². The lowest BCUT2D eigenvalue weighted by Crippen LogP contribution is -2.25. The Hall–Kier alpha value is -1.26. The van der Waals surface area contributed by atoms with Gasteiger partial charge in [-0.15, -0.1) is 0 Å². The molecule has 0 aliphatic heterocycles. The Labute approximate surface area is 118 Å². The van der Waals surface area contributed by atoms with Gasteiger partial charge in [0.25, 0.3) is 0 Å². The molecule has 2 aromatic rings. The van der Waals surface area contributed by atoms with E-state index in [1.165, 1.54) is 42.1 Å². The lowest BCUT2D eigenvalue weighted by molar-refractivity contribution is 0.414. The minimum atomic E-state index is 0.181. The fraction of sp³-hybridized carbons (Fsp3) is 0.467. The first-order chi connectivity index (χ1) is 9.40. The molecular weight excluding hydrogens is 254 g/mol. The topological polar surface area (TPSA) is 37.8 Å². The van der Waals surface area contributed by atoms with Gasteiger partial charge in [-0.3, -0.25) is 0 Å². The van der Waals surface area contributed by atoms with Crippen LogP contribution in [0, 0.1) is 0 Å². The first-order valence-corrected chi connectivity index (χ1v) is 7.73. The maximum atomic E-state index is 4.42. The number of aromatic nitrogens is 2. The molecule has 19 heavy (non-hydrogen) atoms. The van der Waals surface area contributed by atoms with Crippen LogP contribution in [-0.4, -0.2) is 15.3 Å². The van der Waals surface area contributed by atoms with Gasteiger partial charge in [-0.1, -0.05) is 37.6 Å². The maximum Gasteiger partial charge on any atom is 0.0957 e. The van der Waals surface area contributed by atoms with Crippen molar-refractivity contribution in [3.63, 3.8) is 0 Å². The highest BCUT2D eigenvalue weighted by Gasteiger charge is 2.26. The van der Waals surface area contributed by atoms with Gasteiger partial charge in [-0.2, -0.15) is 8.75 Å². The summed E-state index contributed by atoms with van der Waals surface area (Å²) in [6.07, 6.45) is 5.90. The molecule has 4 heteroatoms. The fourth-order valence-corrected chi connectivity index (χ4v) is 3.19. The third-order valence-corrected chi connectivity index (χ3v) is 4.43. The molecule has 0 radical (unpaired) electrons. The van der Waals surface area contributed by atoms with Gasteiger partial charge in [0.1, 0.15) is 0 Å². The number of nitrogens with one attached hydrogen (secondary N) is 1. The number of hydrogen-bond donors (Lipinski definition) is 1. The first-order valence-electron chi connectivity index (χ1n) is 6.99. The van der Waals surface area contributed by atoms with E-state index < -0.39 is 0 Å². The normalized spacial score (nSPS) is 17.1. The predicted octanol–water partition coefficient (Wildman–Crippen LogP) is 3.50. The molecule has 3 nitrogen and oxygen atoms in total. The molecule has 0 bridgehead atoms. The van der Waals surface area contributed by atoms with Crippen molar-refractivity contribution in [1.29, 1.82) is 0 Å². The standard InChI is InChI=1S/C15H19N3S/c1-2-16-15(14-10-17-19-18-14)13-9-4-3-8-12(13)11-6-5-7-11/h3-4,8-11,15-16H,2,5-7H2,1H3. The van der Waals surface area contributed by atoms with Crippen molar-refractivity contribution in [2.75, 3.05) is 6.54 Å². The number of nitrogens with zero attached hydrogens (tertiary/aromatic N) is 2. The zero-order chi connectivity index (χ0) is 13.1. The molecule has 1 aliphatic rings. The predicted molar refractivity (Wildman–Crippen MR) is 78.5 cm³/mol. The monoisotopic (exact) mass is 273 g/mol. The molecule has 100 valence electrons. The van der Waals surface area contributed by atoms with Crippen molar-refractivity contribution >= 4 is 11.7 Å². The molecule has 1 aromatic carbocycles. The Balaban J connectivity index is 1.97. The van der Waals surface area contributed by atoms with Gasteiger partial charge in [0.05, 0.1) is 29.7 Å². The Bertz CT molecular complexity index is 520. The van der Waals surface area contributed by atoms with Crippen molar-refractivity contribution in [2.45, 2.75) is 38.1 Å². The van der Waals surface area contributed by atoms with Crippen molar-refractivity contribution in [3.05, 3.63) is 47.3 Å². The van der Waals surface area contributed by atoms with Crippen molar-refractivity contribution in [1.82, 2.24) is 14.1 Å². The summed E-state index contributed by atoms with van der Waals surface area (Å²) in [5.74, 6) is 0.740. The Kier molecular flexibility index (Phi) is 3.89. The summed E-state index contributed by atoms with van der Waals surface area (Å²) < 4.78 is 8.57. The van der Waals surface area contributed by atoms with Gasteiger partial charge < -0.3 is 5.32 Å². The van der Waals surface area contributed by atoms with Crippen molar-refractivity contribution in [2.24, 2.45) is 0 Å². The molecule has 1 atom stereocenters. The van der Waals surface area contributed by atoms with Crippen LogP contribution in [0.25, 0.3) is 0 Å². The van der Waals surface area contributed by atoms with E-state index in [-0.39, 0.29) is 6.04 Å². The molecular formula is C15H19N3S. The van der Waals surface area contributed by atoms with Crippen LogP contribution in [0.3, 0.4) is 0 Å². The smallest absolute Gasteiger partial charge is 0.0957 e. The van der Waals surface area contributed by atoms with Crippen LogP contribution in [0.5, 0.6) is 0 Å². The van der Waals surface area contributed by atoms with E-state index in [0.717, 1.165) is 18.2 Å². The minimum Gasteiger partial charge on any atom is -0.305 e. The van der Waals surface area contributed by atoms with Gasteiger partial charge in [-0.25, -0.2) is 0 Å². The van der Waals surface area contributed by atoms with E-state index in [9.17, 15) is 0 Å². The highest BCUT2D eigenvalue weighted by Crippen LogP contribution is 2.40. The lowest BCUT2D eigenvalue weighted by atomic mass is 9.77. The molecule has 1 aliphatic carbocycles. The van der Waals surface area contributed by atoms with E-state index in [0.29, 0.717) is 0 Å². The molecule has 1 fully saturated rings. The average molecular weight is 273 g/mol. The SMILES string of the molecule is CCNC(c1cnsn1)c1ccccc1C1CCC1. The summed E-state index contributed by atoms with van der Waals surface area (Å²) >= 11 is 1.28. The number of rotatable bonds is 5. The van der Waals surface area contributed by atoms with Gasteiger partial charge in [-0.05, 0) is 36.4 Å². The molecule has 1 unspecified atom stereocenters. The molecule has 1 saturated carbocycles. The van der Waals surface area contributed by atoms with E-state index in [4.69, 9.17) is 0 Å². The fourth-order valence-electron chi connectivity index (χ4n) is 2.74. The number of hydrogen-bond acceptors (Lipinski definition) is 4. The summed E-state index contributed by atoms with van der Waals surface area (Å²) in [7, 11) is 0. The van der Waals surface area contributed by atoms with Crippen LogP contribution >= 0.6 is 11.7 Å². The summed E-state index contributed by atoms with van der Waals surface area (Å²) in [4.78, 5) is 0. The van der Waals surface area contributed by atoms with Crippen LogP contribution in [0.1, 0.15) is 55.0 Å². The zero-order valence-electron chi connectivity index (χ0n) is 11.2. The second-order valence-electron chi connectivity index (χ2n) is 5.08. The summed E-state index contributed by atoms with van der Waals surface area (Å²) in [6.45, 7) is 3.07. The third kappa shape index (κ3) is 2.55. The van der Waals surface area contributed by atoms with Gasteiger partial charge in [0, 0.05) is 0 Å². The first kappa shape index (κ1) is 12.8. The molecule has 0 saturated heterocycles. The number of benzene rings is 1. The Morgan fingerprint density at radius 3 is 2.84 bits per heavy atom. The second-order valence-corrected chi connectivity index (χ2v) is 5.64. The van der Waals surface area contributed by atoms with E-state index in [2.05, 4.69) is 45.3 Å². The highest BCUT2D eigenvalue weighted by molar-refractivity contribution is 6.99. The minimum absolute atomic E-state index is 0.181. The maximum absolute atomic E-state index is 4.42. The van der Waals surface area contributed by atoms with Gasteiger partial charge in [0.15, 0.2) is 0 Å². The molecule has 1 aromatic heterocycles. The summed E-state index contributed by atoms with van der Waals surface area (Å²) in [6, 6.07) is 8.98. The van der Waals surface area contributed by atoms with Crippen molar-refractivity contribution < 1.29 is 0 Å². The average Bonchev–Trinajstić information content (AvgIpc) is 2.88. The summed E-state index contributed by atoms with van der Waals surface area (Å²) in [5.41, 5.74) is 3.91. The van der Waals surface area contributed by atoms with Crippen LogP contribution in [0.15, 0.2) is 30.5 Å². The summed E-state index contributed by atoms with van der Waals surface area (Å²) in [5, 5.41) is 3.55. The van der Waals surface area contributed by atoms with Gasteiger partial charge in [0.2, 0.25) is 0 Å². The molecule has 1 heterocycles. The largest absolute Gasteiger partial charge is 0.305 e. The van der Waals surface area contributed by atoms with Gasteiger partial charge >= 0.3 is 0 Å². The van der Waals surface area contributed by atoms with E-state index in [1.807, 2.05) is 6.20 Å². The second kappa shape index (κ2) is 5.80. The third-order valence-electron chi connectivity index (χ3n) is 3.93. The Morgan fingerprint density at radius 2 is 2.21 bits per heavy atom. The Morgan fingerprint density at radius 1 is 1.37 bits per heavy atom. The highest BCUT2D eigenvalue weighted by atomic mass is 32.1. The van der Waals surface area contributed by atoms with Crippen LogP contribution < -0.4 is 5.32 Å². The lowest BCUT2D eigenvalue weighted by Gasteiger charge is -2.30. The van der Waals surface area contributed by atoms with Crippen LogP contribution in [0.2, 0.25) is 0 Å².